The lowest BCUT2D eigenvalue weighted by molar-refractivity contribution is 0.139. The Kier molecular flexibility index (Phi) is 6.07. The lowest BCUT2D eigenvalue weighted by Crippen LogP contribution is -2.51. The quantitative estimate of drug-likeness (QED) is 0.810. The molecule has 1 aromatic heterocycles. The molecule has 2 heterocycles. The Morgan fingerprint density at radius 3 is 2.46 bits per heavy atom. The molecule has 1 unspecified atom stereocenters. The topological polar surface area (TPSA) is 66.5 Å². The molecule has 2 N–H and O–H groups in total. The highest BCUT2D eigenvalue weighted by Crippen LogP contribution is 2.22. The first kappa shape index (κ1) is 18.2. The Hall–Kier alpha value is -2.60. The van der Waals surface area contributed by atoms with Gasteiger partial charge in [0.25, 0.3) is 0 Å². The van der Waals surface area contributed by atoms with Crippen LogP contribution < -0.4 is 15.4 Å². The van der Waals surface area contributed by atoms with Crippen molar-refractivity contribution in [1.82, 2.24) is 20.5 Å². The van der Waals surface area contributed by atoms with Gasteiger partial charge in [0, 0.05) is 37.9 Å². The van der Waals surface area contributed by atoms with Crippen LogP contribution in [0, 0.1) is 0 Å². The standard InChI is InChI=1S/C20H26N4O2/c1-15(2)16-5-7-17(8-6-16)19(26-18-4-3-9-22-14-18)23-20(25)24-12-10-21-11-13-24/h3-9,14-15,19,21H,10-13H2,1-2H3,(H,23,25). The number of nitrogens with zero attached hydrogens (tertiary/aromatic N) is 2. The second-order valence-electron chi connectivity index (χ2n) is 6.69. The molecular formula is C20H26N4O2. The number of benzene rings is 1. The second-order valence-corrected chi connectivity index (χ2v) is 6.69. The zero-order chi connectivity index (χ0) is 18.4. The average Bonchev–Trinajstić information content (AvgIpc) is 2.69. The number of amides is 2. The summed E-state index contributed by atoms with van der Waals surface area (Å²) < 4.78 is 6.03. The van der Waals surface area contributed by atoms with Crippen molar-refractivity contribution in [3.63, 3.8) is 0 Å². The van der Waals surface area contributed by atoms with E-state index in [0.717, 1.165) is 18.7 Å². The van der Waals surface area contributed by atoms with Gasteiger partial charge in [-0.2, -0.15) is 0 Å². The minimum atomic E-state index is -0.567. The van der Waals surface area contributed by atoms with E-state index in [0.29, 0.717) is 24.8 Å². The van der Waals surface area contributed by atoms with Crippen LogP contribution in [0.2, 0.25) is 0 Å². The van der Waals surface area contributed by atoms with Crippen LogP contribution in [0.5, 0.6) is 5.75 Å². The molecule has 6 heteroatoms. The Morgan fingerprint density at radius 2 is 1.85 bits per heavy atom. The second kappa shape index (κ2) is 8.67. The Labute approximate surface area is 154 Å². The van der Waals surface area contributed by atoms with Gasteiger partial charge in [-0.3, -0.25) is 10.3 Å². The first-order chi connectivity index (χ1) is 12.6. The summed E-state index contributed by atoms with van der Waals surface area (Å²) in [5, 5.41) is 6.26. The lowest BCUT2D eigenvalue weighted by Gasteiger charge is -2.30. The van der Waals surface area contributed by atoms with Gasteiger partial charge in [0.05, 0.1) is 6.20 Å². The summed E-state index contributed by atoms with van der Waals surface area (Å²) in [6, 6.07) is 11.7. The maximum atomic E-state index is 12.6. The van der Waals surface area contributed by atoms with Crippen LogP contribution in [0.25, 0.3) is 0 Å². The van der Waals surface area contributed by atoms with Gasteiger partial charge in [0.1, 0.15) is 5.75 Å². The number of urea groups is 1. The van der Waals surface area contributed by atoms with E-state index < -0.39 is 6.23 Å². The molecule has 1 aliphatic rings. The minimum absolute atomic E-state index is 0.117. The van der Waals surface area contributed by atoms with Crippen LogP contribution in [-0.2, 0) is 0 Å². The summed E-state index contributed by atoms with van der Waals surface area (Å²) in [5.74, 6) is 1.07. The molecule has 0 aliphatic carbocycles. The Balaban J connectivity index is 1.77. The van der Waals surface area contributed by atoms with Crippen LogP contribution in [0.15, 0.2) is 48.8 Å². The van der Waals surface area contributed by atoms with Crippen molar-refractivity contribution in [3.05, 3.63) is 59.9 Å². The normalized spacial score (nSPS) is 15.6. The molecule has 2 amide bonds. The van der Waals surface area contributed by atoms with E-state index in [1.807, 2.05) is 24.3 Å². The van der Waals surface area contributed by atoms with Gasteiger partial charge < -0.3 is 15.0 Å². The summed E-state index contributed by atoms with van der Waals surface area (Å²) in [6.07, 6.45) is 2.77. The maximum absolute atomic E-state index is 12.6. The van der Waals surface area contributed by atoms with Crippen LogP contribution >= 0.6 is 0 Å². The highest BCUT2D eigenvalue weighted by atomic mass is 16.5. The van der Waals surface area contributed by atoms with E-state index in [-0.39, 0.29) is 6.03 Å². The molecule has 0 radical (unpaired) electrons. The van der Waals surface area contributed by atoms with E-state index in [9.17, 15) is 4.79 Å². The van der Waals surface area contributed by atoms with Crippen molar-refractivity contribution in [1.29, 1.82) is 0 Å². The van der Waals surface area contributed by atoms with Crippen molar-refractivity contribution in [2.24, 2.45) is 0 Å². The third kappa shape index (κ3) is 4.73. The third-order valence-electron chi connectivity index (χ3n) is 4.45. The fraction of sp³-hybridized carbons (Fsp3) is 0.400. The third-order valence-corrected chi connectivity index (χ3v) is 4.45. The van der Waals surface area contributed by atoms with Crippen molar-refractivity contribution in [3.8, 4) is 5.75 Å². The number of nitrogens with one attached hydrogen (secondary N) is 2. The number of piperazine rings is 1. The summed E-state index contributed by atoms with van der Waals surface area (Å²) in [5.41, 5.74) is 2.16. The number of pyridine rings is 1. The smallest absolute Gasteiger partial charge is 0.320 e. The SMILES string of the molecule is CC(C)c1ccc(C(NC(=O)N2CCNCC2)Oc2cccnc2)cc1. The first-order valence-electron chi connectivity index (χ1n) is 9.06. The molecule has 1 fully saturated rings. The maximum Gasteiger partial charge on any atom is 0.320 e. The molecule has 0 bridgehead atoms. The lowest BCUT2D eigenvalue weighted by atomic mass is 10.0. The summed E-state index contributed by atoms with van der Waals surface area (Å²) in [7, 11) is 0. The molecule has 0 saturated carbocycles. The van der Waals surface area contributed by atoms with E-state index in [1.165, 1.54) is 5.56 Å². The minimum Gasteiger partial charge on any atom is -0.465 e. The average molecular weight is 354 g/mol. The molecular weight excluding hydrogens is 328 g/mol. The van der Waals surface area contributed by atoms with Gasteiger partial charge in [0.2, 0.25) is 0 Å². The molecule has 0 spiro atoms. The number of ether oxygens (including phenoxy) is 1. The van der Waals surface area contributed by atoms with Crippen molar-refractivity contribution < 1.29 is 9.53 Å². The van der Waals surface area contributed by atoms with Gasteiger partial charge in [-0.15, -0.1) is 0 Å². The number of hydrogen-bond donors (Lipinski definition) is 2. The molecule has 6 nitrogen and oxygen atoms in total. The summed E-state index contributed by atoms with van der Waals surface area (Å²) >= 11 is 0. The zero-order valence-corrected chi connectivity index (χ0v) is 15.3. The summed E-state index contributed by atoms with van der Waals surface area (Å²) in [4.78, 5) is 18.5. The van der Waals surface area contributed by atoms with Crippen LogP contribution in [0.1, 0.15) is 37.1 Å². The van der Waals surface area contributed by atoms with Gasteiger partial charge >= 0.3 is 6.03 Å². The van der Waals surface area contributed by atoms with Gasteiger partial charge in [0.15, 0.2) is 6.23 Å². The van der Waals surface area contributed by atoms with E-state index in [1.54, 1.807) is 17.3 Å². The number of carbonyl (C=O) groups excluding carboxylic acids is 1. The van der Waals surface area contributed by atoms with Crippen LogP contribution in [0.3, 0.4) is 0 Å². The van der Waals surface area contributed by atoms with E-state index in [2.05, 4.69) is 41.6 Å². The van der Waals surface area contributed by atoms with Crippen LogP contribution in [0.4, 0.5) is 4.79 Å². The molecule has 138 valence electrons. The predicted octanol–water partition coefficient (Wildman–Crippen LogP) is 2.90. The number of rotatable bonds is 5. The van der Waals surface area contributed by atoms with Gasteiger partial charge in [-0.05, 0) is 23.6 Å². The van der Waals surface area contributed by atoms with Crippen molar-refractivity contribution >= 4 is 6.03 Å². The van der Waals surface area contributed by atoms with Crippen LogP contribution in [-0.4, -0.2) is 42.1 Å². The highest BCUT2D eigenvalue weighted by Gasteiger charge is 2.22. The highest BCUT2D eigenvalue weighted by molar-refractivity contribution is 5.74. The largest absolute Gasteiger partial charge is 0.465 e. The molecule has 3 rings (SSSR count). The zero-order valence-electron chi connectivity index (χ0n) is 15.3. The van der Waals surface area contributed by atoms with Gasteiger partial charge in [-0.25, -0.2) is 4.79 Å². The Morgan fingerprint density at radius 1 is 1.15 bits per heavy atom. The molecule has 1 saturated heterocycles. The first-order valence-corrected chi connectivity index (χ1v) is 9.06. The fourth-order valence-electron chi connectivity index (χ4n) is 2.86. The number of hydrogen-bond acceptors (Lipinski definition) is 4. The van der Waals surface area contributed by atoms with Crippen molar-refractivity contribution in [2.75, 3.05) is 26.2 Å². The number of aromatic nitrogens is 1. The van der Waals surface area contributed by atoms with Crippen molar-refractivity contribution in [2.45, 2.75) is 26.0 Å². The van der Waals surface area contributed by atoms with E-state index in [4.69, 9.17) is 4.74 Å². The fourth-order valence-corrected chi connectivity index (χ4v) is 2.86. The Bertz CT molecular complexity index is 698. The molecule has 26 heavy (non-hydrogen) atoms. The molecule has 1 aliphatic heterocycles. The van der Waals surface area contributed by atoms with E-state index >= 15 is 0 Å². The van der Waals surface area contributed by atoms with Gasteiger partial charge in [-0.1, -0.05) is 38.1 Å². The summed E-state index contributed by atoms with van der Waals surface area (Å²) in [6.45, 7) is 7.32. The molecule has 2 aromatic rings. The monoisotopic (exact) mass is 354 g/mol. The molecule has 1 atom stereocenters. The number of carbonyl (C=O) groups is 1. The molecule has 1 aromatic carbocycles. The predicted molar refractivity (Wildman–Crippen MR) is 101 cm³/mol.